The van der Waals surface area contributed by atoms with Crippen LogP contribution in [0.4, 0.5) is 0 Å². The molecular formula is C13H14ClN3O3. The highest BCUT2D eigenvalue weighted by Crippen LogP contribution is 2.22. The number of nitrogens with one attached hydrogen (secondary N) is 1. The summed E-state index contributed by atoms with van der Waals surface area (Å²) in [6.45, 7) is 3.78. The normalized spacial score (nSPS) is 11.9. The molecular weight excluding hydrogens is 282 g/mol. The zero-order valence-corrected chi connectivity index (χ0v) is 11.8. The van der Waals surface area contributed by atoms with Gasteiger partial charge in [0.1, 0.15) is 5.75 Å². The number of hydrogen-bond donors (Lipinski definition) is 1. The minimum absolute atomic E-state index is 0.0107. The smallest absolute Gasteiger partial charge is 0.378 e. The molecule has 1 aromatic carbocycles. The third-order valence-electron chi connectivity index (χ3n) is 2.45. The summed E-state index contributed by atoms with van der Waals surface area (Å²) in [6.07, 6.45) is -0.399. The van der Waals surface area contributed by atoms with E-state index in [1.54, 1.807) is 38.1 Å². The number of benzene rings is 1. The van der Waals surface area contributed by atoms with Crippen molar-refractivity contribution in [2.75, 3.05) is 6.61 Å². The Labute approximate surface area is 121 Å². The minimum atomic E-state index is -0.565. The lowest BCUT2D eigenvalue weighted by atomic mass is 10.3. The maximum Gasteiger partial charge on any atom is 0.378 e. The van der Waals surface area contributed by atoms with E-state index < -0.39 is 12.1 Å². The van der Waals surface area contributed by atoms with Gasteiger partial charge in [-0.15, -0.1) is 5.10 Å². The highest BCUT2D eigenvalue weighted by Gasteiger charge is 2.18. The predicted octanol–water partition coefficient (Wildman–Crippen LogP) is 2.77. The molecule has 1 aromatic heterocycles. The fourth-order valence-electron chi connectivity index (χ4n) is 1.54. The Morgan fingerprint density at radius 2 is 2.30 bits per heavy atom. The van der Waals surface area contributed by atoms with Gasteiger partial charge in [0.15, 0.2) is 11.9 Å². The van der Waals surface area contributed by atoms with Crippen LogP contribution in [0.3, 0.4) is 0 Å². The van der Waals surface area contributed by atoms with Crippen LogP contribution in [0.25, 0.3) is 0 Å². The lowest BCUT2D eigenvalue weighted by Crippen LogP contribution is -2.08. The van der Waals surface area contributed by atoms with E-state index in [1.807, 2.05) is 0 Å². The van der Waals surface area contributed by atoms with Crippen molar-refractivity contribution < 1.29 is 14.3 Å². The van der Waals surface area contributed by atoms with E-state index in [4.69, 9.17) is 21.1 Å². The van der Waals surface area contributed by atoms with Gasteiger partial charge in [0.2, 0.25) is 0 Å². The second-order valence-electron chi connectivity index (χ2n) is 3.98. The Balaban J connectivity index is 2.06. The molecule has 0 amide bonds. The topological polar surface area (TPSA) is 77.1 Å². The van der Waals surface area contributed by atoms with Gasteiger partial charge < -0.3 is 9.47 Å². The fraction of sp³-hybridized carbons (Fsp3) is 0.308. The van der Waals surface area contributed by atoms with Gasteiger partial charge >= 0.3 is 5.97 Å². The number of aromatic amines is 1. The molecule has 2 aromatic rings. The molecule has 1 heterocycles. The standard InChI is InChI=1S/C13H14ClN3O3/c1-3-19-13(18)12-15-11(16-17-12)8(2)20-10-6-4-5-9(14)7-10/h4-8H,3H2,1-2H3,(H,15,16,17). The van der Waals surface area contributed by atoms with Crippen LogP contribution in [0.15, 0.2) is 24.3 Å². The van der Waals surface area contributed by atoms with E-state index in [0.717, 1.165) is 0 Å². The summed E-state index contributed by atoms with van der Waals surface area (Å²) < 4.78 is 10.5. The van der Waals surface area contributed by atoms with Crippen LogP contribution < -0.4 is 4.74 Å². The Morgan fingerprint density at radius 1 is 1.50 bits per heavy atom. The van der Waals surface area contributed by atoms with Crippen molar-refractivity contribution in [2.45, 2.75) is 20.0 Å². The predicted molar refractivity (Wildman–Crippen MR) is 72.8 cm³/mol. The van der Waals surface area contributed by atoms with Gasteiger partial charge in [-0.3, -0.25) is 5.10 Å². The van der Waals surface area contributed by atoms with Gasteiger partial charge in [-0.2, -0.15) is 0 Å². The Morgan fingerprint density at radius 3 is 3.00 bits per heavy atom. The molecule has 0 aliphatic heterocycles. The van der Waals surface area contributed by atoms with E-state index in [2.05, 4.69) is 15.2 Å². The number of nitrogens with zero attached hydrogens (tertiary/aromatic N) is 2. The zero-order chi connectivity index (χ0) is 14.5. The van der Waals surface area contributed by atoms with E-state index in [0.29, 0.717) is 16.6 Å². The summed E-state index contributed by atoms with van der Waals surface area (Å²) in [4.78, 5) is 15.5. The maximum atomic E-state index is 11.5. The van der Waals surface area contributed by atoms with Crippen LogP contribution in [0.2, 0.25) is 5.02 Å². The molecule has 0 bridgehead atoms. The molecule has 2 rings (SSSR count). The number of esters is 1. The monoisotopic (exact) mass is 295 g/mol. The fourth-order valence-corrected chi connectivity index (χ4v) is 1.72. The average molecular weight is 296 g/mol. The number of aromatic nitrogens is 3. The first-order valence-electron chi connectivity index (χ1n) is 6.11. The first-order valence-corrected chi connectivity index (χ1v) is 6.49. The van der Waals surface area contributed by atoms with Crippen molar-refractivity contribution in [2.24, 2.45) is 0 Å². The molecule has 1 N–H and O–H groups in total. The van der Waals surface area contributed by atoms with Gasteiger partial charge in [-0.1, -0.05) is 17.7 Å². The van der Waals surface area contributed by atoms with E-state index in [9.17, 15) is 4.79 Å². The van der Waals surface area contributed by atoms with E-state index in [1.165, 1.54) is 0 Å². The van der Waals surface area contributed by atoms with Crippen LogP contribution in [-0.2, 0) is 4.74 Å². The molecule has 0 aliphatic rings. The highest BCUT2D eigenvalue weighted by atomic mass is 35.5. The maximum absolute atomic E-state index is 11.5. The quantitative estimate of drug-likeness (QED) is 0.858. The van der Waals surface area contributed by atoms with E-state index in [-0.39, 0.29) is 12.4 Å². The van der Waals surface area contributed by atoms with Crippen molar-refractivity contribution in [3.05, 3.63) is 40.9 Å². The van der Waals surface area contributed by atoms with Crippen LogP contribution in [0, 0.1) is 0 Å². The third-order valence-corrected chi connectivity index (χ3v) is 2.69. The summed E-state index contributed by atoms with van der Waals surface area (Å²) in [5.41, 5.74) is 0. The molecule has 0 saturated heterocycles. The molecule has 0 fully saturated rings. The van der Waals surface area contributed by atoms with Crippen LogP contribution in [-0.4, -0.2) is 27.8 Å². The molecule has 1 unspecified atom stereocenters. The van der Waals surface area contributed by atoms with Crippen molar-refractivity contribution >= 4 is 17.6 Å². The molecule has 7 heteroatoms. The SMILES string of the molecule is CCOC(=O)c1n[nH]c(C(C)Oc2cccc(Cl)c2)n1. The second-order valence-corrected chi connectivity index (χ2v) is 4.42. The van der Waals surface area contributed by atoms with Gasteiger partial charge in [0, 0.05) is 5.02 Å². The van der Waals surface area contributed by atoms with Crippen molar-refractivity contribution in [1.29, 1.82) is 0 Å². The Kier molecular flexibility index (Phi) is 4.57. The summed E-state index contributed by atoms with van der Waals surface area (Å²) >= 11 is 5.88. The molecule has 20 heavy (non-hydrogen) atoms. The number of ether oxygens (including phenoxy) is 2. The summed E-state index contributed by atoms with van der Waals surface area (Å²) in [7, 11) is 0. The molecule has 0 radical (unpaired) electrons. The molecule has 1 atom stereocenters. The van der Waals surface area contributed by atoms with Crippen molar-refractivity contribution in [3.63, 3.8) is 0 Å². The van der Waals surface area contributed by atoms with Gasteiger partial charge in [0.25, 0.3) is 5.82 Å². The van der Waals surface area contributed by atoms with Crippen LogP contribution in [0.5, 0.6) is 5.75 Å². The second kappa shape index (κ2) is 6.38. The largest absolute Gasteiger partial charge is 0.483 e. The minimum Gasteiger partial charge on any atom is -0.483 e. The number of hydrogen-bond acceptors (Lipinski definition) is 5. The number of H-pyrrole nitrogens is 1. The van der Waals surface area contributed by atoms with Gasteiger partial charge in [-0.25, -0.2) is 9.78 Å². The van der Waals surface area contributed by atoms with E-state index >= 15 is 0 Å². The lowest BCUT2D eigenvalue weighted by Gasteiger charge is -2.11. The highest BCUT2D eigenvalue weighted by molar-refractivity contribution is 6.30. The molecule has 6 nitrogen and oxygen atoms in total. The van der Waals surface area contributed by atoms with Crippen molar-refractivity contribution in [1.82, 2.24) is 15.2 Å². The summed E-state index contributed by atoms with van der Waals surface area (Å²) in [5, 5.41) is 7.04. The number of carbonyl (C=O) groups excluding carboxylic acids is 1. The number of halogens is 1. The van der Waals surface area contributed by atoms with Crippen LogP contribution in [0.1, 0.15) is 36.4 Å². The first-order chi connectivity index (χ1) is 9.60. The third kappa shape index (κ3) is 3.48. The molecule has 0 spiro atoms. The van der Waals surface area contributed by atoms with Crippen LogP contribution >= 0.6 is 11.6 Å². The number of carbonyl (C=O) groups is 1. The molecule has 106 valence electrons. The van der Waals surface area contributed by atoms with Crippen molar-refractivity contribution in [3.8, 4) is 5.75 Å². The van der Waals surface area contributed by atoms with Gasteiger partial charge in [0.05, 0.1) is 6.61 Å². The number of rotatable bonds is 5. The summed E-state index contributed by atoms with van der Waals surface area (Å²) in [5.74, 6) is 0.473. The first kappa shape index (κ1) is 14.3. The Bertz CT molecular complexity index is 600. The Hall–Kier alpha value is -2.08. The average Bonchev–Trinajstić information content (AvgIpc) is 2.88. The molecule has 0 aliphatic carbocycles. The van der Waals surface area contributed by atoms with Gasteiger partial charge in [-0.05, 0) is 32.0 Å². The summed E-state index contributed by atoms with van der Waals surface area (Å²) in [6, 6.07) is 7.02. The zero-order valence-electron chi connectivity index (χ0n) is 11.1. The lowest BCUT2D eigenvalue weighted by molar-refractivity contribution is 0.0512. The molecule has 0 saturated carbocycles.